The number of hydrogen-bond donors (Lipinski definition) is 0. The summed E-state index contributed by atoms with van der Waals surface area (Å²) < 4.78 is 18.1. The van der Waals surface area contributed by atoms with E-state index < -0.39 is 17.1 Å². The Hall–Kier alpha value is -2.77. The molecule has 1 fully saturated rings. The van der Waals surface area contributed by atoms with E-state index >= 15 is 0 Å². The first-order chi connectivity index (χ1) is 29.6. The number of benzene rings is 4. The Labute approximate surface area is 396 Å². The van der Waals surface area contributed by atoms with Gasteiger partial charge in [-0.15, -0.1) is 0 Å². The van der Waals surface area contributed by atoms with E-state index in [1.807, 2.05) is 0 Å². The lowest BCUT2D eigenvalue weighted by Gasteiger charge is -2.58. The molecule has 5 rings (SSSR count). The number of hydrogen-bond acceptors (Lipinski definition) is 2. The molecule has 0 unspecified atom stereocenters. The van der Waals surface area contributed by atoms with Crippen LogP contribution in [-0.2, 0) is 8.23 Å². The molecule has 352 valence electrons. The topological polar surface area (TPSA) is 18.5 Å². The van der Waals surface area contributed by atoms with Crippen molar-refractivity contribution < 1.29 is 8.23 Å². The maximum absolute atomic E-state index is 9.04. The lowest BCUT2D eigenvalue weighted by atomic mass is 9.89. The van der Waals surface area contributed by atoms with Gasteiger partial charge in [0.1, 0.15) is 0 Å². The molecule has 1 heterocycles. The van der Waals surface area contributed by atoms with E-state index in [0.29, 0.717) is 23.7 Å². The summed E-state index contributed by atoms with van der Waals surface area (Å²) in [6.45, 7) is 57.3. The van der Waals surface area contributed by atoms with E-state index in [4.69, 9.17) is 8.23 Å². The zero-order chi connectivity index (χ0) is 48.2. The molecule has 4 aromatic rings. The zero-order valence-corrected chi connectivity index (χ0v) is 47.4. The van der Waals surface area contributed by atoms with Gasteiger partial charge in [-0.1, -0.05) is 215 Å². The fourth-order valence-electron chi connectivity index (χ4n) is 10.4. The minimum absolute atomic E-state index is 0.282. The molecule has 1 aliphatic rings. The third-order valence-corrected chi connectivity index (χ3v) is 24.0. The van der Waals surface area contributed by atoms with Gasteiger partial charge >= 0.3 is 17.1 Å². The summed E-state index contributed by atoms with van der Waals surface area (Å²) in [4.78, 5) is 0. The van der Waals surface area contributed by atoms with Gasteiger partial charge in [0.2, 0.25) is 0 Å². The summed E-state index contributed by atoms with van der Waals surface area (Å²) >= 11 is 0. The predicted molar refractivity (Wildman–Crippen MR) is 287 cm³/mol. The van der Waals surface area contributed by atoms with Crippen LogP contribution >= 0.6 is 0 Å². The zero-order valence-electron chi connectivity index (χ0n) is 45.4. The van der Waals surface area contributed by atoms with Crippen molar-refractivity contribution in [3.63, 3.8) is 0 Å². The standard InChI is InChI=1S/C60H92O2Si2/c1-33(2)45-25-49(37(9)10)57(50(26-45)38(11)12)63(58-51(39(13)14)27-46(34(3)4)28-52(58)40(15)16)61-64(62-63,59-53(41(17)18)29-47(35(5)6)30-54(59)42(19)20)60-55(43(21)22)31-48(36(7)8)32-56(60)44(23)24/h25-44H,1-24H3. The van der Waals surface area contributed by atoms with E-state index in [-0.39, 0.29) is 47.3 Å². The van der Waals surface area contributed by atoms with E-state index in [0.717, 1.165) is 0 Å². The summed E-state index contributed by atoms with van der Waals surface area (Å²) in [5, 5.41) is 5.55. The third-order valence-electron chi connectivity index (χ3n) is 14.4. The van der Waals surface area contributed by atoms with Crippen molar-refractivity contribution in [1.29, 1.82) is 0 Å². The minimum Gasteiger partial charge on any atom is -0.402 e. The first-order valence-electron chi connectivity index (χ1n) is 25.8. The van der Waals surface area contributed by atoms with Crippen LogP contribution in [-0.4, -0.2) is 17.1 Å². The molecule has 64 heavy (non-hydrogen) atoms. The molecule has 4 heteroatoms. The Balaban J connectivity index is 2.21. The van der Waals surface area contributed by atoms with Crippen molar-refractivity contribution in [2.24, 2.45) is 0 Å². The van der Waals surface area contributed by atoms with Gasteiger partial charge < -0.3 is 8.23 Å². The molecule has 0 spiro atoms. The quantitative estimate of drug-likeness (QED) is 0.104. The van der Waals surface area contributed by atoms with Crippen LogP contribution in [0.2, 0.25) is 0 Å². The first-order valence-corrected chi connectivity index (χ1v) is 29.4. The fraction of sp³-hybridized carbons (Fsp3) is 0.600. The predicted octanol–water partition coefficient (Wildman–Crippen LogP) is 16.0. The van der Waals surface area contributed by atoms with Crippen LogP contribution in [0.4, 0.5) is 0 Å². The van der Waals surface area contributed by atoms with Gasteiger partial charge in [0.25, 0.3) is 0 Å². The Morgan fingerprint density at radius 1 is 0.219 bits per heavy atom. The minimum atomic E-state index is -3.58. The molecule has 0 atom stereocenters. The van der Waals surface area contributed by atoms with Gasteiger partial charge in [0.05, 0.1) is 0 Å². The smallest absolute Gasteiger partial charge is 0.391 e. The highest BCUT2D eigenvalue weighted by Gasteiger charge is 2.71. The summed E-state index contributed by atoms with van der Waals surface area (Å²) in [7, 11) is -7.16. The lowest BCUT2D eigenvalue weighted by molar-refractivity contribution is 0.264. The van der Waals surface area contributed by atoms with Crippen LogP contribution < -0.4 is 20.7 Å². The van der Waals surface area contributed by atoms with Crippen LogP contribution in [0.5, 0.6) is 0 Å². The van der Waals surface area contributed by atoms with Crippen molar-refractivity contribution >= 4 is 37.9 Å². The van der Waals surface area contributed by atoms with Gasteiger partial charge in [0, 0.05) is 20.7 Å². The largest absolute Gasteiger partial charge is 0.402 e. The summed E-state index contributed by atoms with van der Waals surface area (Å²) in [6, 6.07) is 20.4. The van der Waals surface area contributed by atoms with Crippen molar-refractivity contribution in [2.45, 2.75) is 237 Å². The maximum Gasteiger partial charge on any atom is 0.391 e. The van der Waals surface area contributed by atoms with Crippen LogP contribution in [0.25, 0.3) is 0 Å². The van der Waals surface area contributed by atoms with Gasteiger partial charge in [0.15, 0.2) is 0 Å². The molecule has 0 amide bonds. The highest BCUT2D eigenvalue weighted by Crippen LogP contribution is 2.45. The second-order valence-corrected chi connectivity index (χ2v) is 29.7. The monoisotopic (exact) mass is 901 g/mol. The average molecular weight is 902 g/mol. The molecule has 2 nitrogen and oxygen atoms in total. The van der Waals surface area contributed by atoms with E-state index in [9.17, 15) is 0 Å². The van der Waals surface area contributed by atoms with Crippen molar-refractivity contribution in [3.8, 4) is 0 Å². The van der Waals surface area contributed by atoms with Gasteiger partial charge in [-0.05, 0) is 138 Å². The Kier molecular flexibility index (Phi) is 16.2. The summed E-state index contributed by atoms with van der Waals surface area (Å²) in [6.07, 6.45) is 0. The van der Waals surface area contributed by atoms with Crippen LogP contribution in [0, 0.1) is 0 Å². The third kappa shape index (κ3) is 9.52. The second-order valence-electron chi connectivity index (χ2n) is 23.6. The van der Waals surface area contributed by atoms with E-state index in [1.54, 1.807) is 0 Å². The average Bonchev–Trinajstić information content (AvgIpc) is 3.18. The molecule has 0 radical (unpaired) electrons. The van der Waals surface area contributed by atoms with E-state index in [1.165, 1.54) is 87.5 Å². The molecular formula is C60H92O2Si2. The van der Waals surface area contributed by atoms with Crippen LogP contribution in [0.15, 0.2) is 48.5 Å². The molecule has 0 aromatic heterocycles. The highest BCUT2D eigenvalue weighted by molar-refractivity contribution is 7.16. The Morgan fingerprint density at radius 2 is 0.344 bits per heavy atom. The summed E-state index contributed by atoms with van der Waals surface area (Å²) in [5.41, 5.74) is 16.9. The molecule has 0 aliphatic carbocycles. The molecule has 4 aromatic carbocycles. The Morgan fingerprint density at radius 3 is 0.438 bits per heavy atom. The van der Waals surface area contributed by atoms with Gasteiger partial charge in [-0.2, -0.15) is 0 Å². The van der Waals surface area contributed by atoms with Crippen molar-refractivity contribution in [1.82, 2.24) is 0 Å². The highest BCUT2D eigenvalue weighted by atomic mass is 28.5. The normalized spacial score (nSPS) is 15.4. The van der Waals surface area contributed by atoms with Crippen LogP contribution in [0.1, 0.15) is 304 Å². The summed E-state index contributed by atoms with van der Waals surface area (Å²) in [5.74, 6) is 3.89. The molecule has 1 aliphatic heterocycles. The SMILES string of the molecule is CC(C)c1cc(C(C)C)c([Si]2(c3c(C(C)C)cc(C(C)C)cc3C(C)C)O[Si](c3c(C(C)C)cc(C(C)C)cc3C(C)C)(c3c(C(C)C)cc(C(C)C)cc3C(C)C)O2)c(C(C)C)c1. The van der Waals surface area contributed by atoms with Gasteiger partial charge in [-0.25, -0.2) is 0 Å². The van der Waals surface area contributed by atoms with Crippen molar-refractivity contribution in [2.75, 3.05) is 0 Å². The fourth-order valence-corrected chi connectivity index (χ4v) is 23.4. The molecular weight excluding hydrogens is 809 g/mol. The Bertz CT molecular complexity index is 1840. The van der Waals surface area contributed by atoms with Gasteiger partial charge in [-0.3, -0.25) is 0 Å². The van der Waals surface area contributed by atoms with Crippen molar-refractivity contribution in [3.05, 3.63) is 115 Å². The number of rotatable bonds is 16. The van der Waals surface area contributed by atoms with Crippen LogP contribution in [0.3, 0.4) is 0 Å². The molecule has 0 N–H and O–H groups in total. The lowest BCUT2D eigenvalue weighted by Crippen LogP contribution is -2.90. The first kappa shape index (κ1) is 52.2. The second kappa shape index (κ2) is 19.8. The molecule has 1 saturated heterocycles. The molecule has 0 saturated carbocycles. The molecule has 0 bridgehead atoms. The maximum atomic E-state index is 9.04. The van der Waals surface area contributed by atoms with E-state index in [2.05, 4.69) is 215 Å².